The lowest BCUT2D eigenvalue weighted by atomic mass is 9.92. The smallest absolute Gasteiger partial charge is 0.0541 e. The second-order valence-corrected chi connectivity index (χ2v) is 18.2. The molecule has 2 heterocycles. The second kappa shape index (κ2) is 16.2. The van der Waals surface area contributed by atoms with E-state index in [0.717, 1.165) is 28.3 Å². The van der Waals surface area contributed by atoms with Gasteiger partial charge in [-0.15, -0.1) is 11.3 Å². The highest BCUT2D eigenvalue weighted by Gasteiger charge is 2.23. The average molecular weight is 871 g/mol. The summed E-state index contributed by atoms with van der Waals surface area (Å²) in [6, 6.07) is 93.2. The number of hydrogen-bond acceptors (Lipinski definition) is 2. The normalized spacial score (nSPS) is 11.6. The molecule has 0 aliphatic carbocycles. The van der Waals surface area contributed by atoms with Crippen molar-refractivity contribution < 1.29 is 0 Å². The summed E-state index contributed by atoms with van der Waals surface area (Å²) >= 11 is 1.88. The van der Waals surface area contributed by atoms with Crippen molar-refractivity contribution in [2.75, 3.05) is 4.90 Å². The standard InChI is InChI=1S/C64H42N2S/c1-3-18-43(19-4-1)48-39-40-49(52-24-8-7-23-51(48)52)44-34-37-47(38-35-44)65(46-20-5-2-6-21-46)62-41-36-45(42-58(62)57-29-17-28-56-55-27-12-16-33-63(55)67-64(56)57)50-22-9-13-30-59(50)66-60-31-14-10-25-53(60)54-26-11-15-32-61(54)66/h1-42H. The third kappa shape index (κ3) is 6.55. The first-order valence-electron chi connectivity index (χ1n) is 22.9. The van der Waals surface area contributed by atoms with E-state index in [0.29, 0.717) is 0 Å². The Kier molecular flexibility index (Phi) is 9.40. The van der Waals surface area contributed by atoms with Crippen molar-refractivity contribution in [3.63, 3.8) is 0 Å². The summed E-state index contributed by atoms with van der Waals surface area (Å²) < 4.78 is 5.02. The molecule has 13 rings (SSSR count). The Hall–Kier alpha value is -8.50. The minimum atomic E-state index is 1.09. The molecular formula is C64H42N2S. The Morgan fingerprint density at radius 3 is 1.51 bits per heavy atom. The molecule has 0 atom stereocenters. The molecule has 0 aliphatic heterocycles. The maximum atomic E-state index is 2.44. The van der Waals surface area contributed by atoms with E-state index in [4.69, 9.17) is 0 Å². The number of nitrogens with zero attached hydrogens (tertiary/aromatic N) is 2. The van der Waals surface area contributed by atoms with Gasteiger partial charge in [0.15, 0.2) is 0 Å². The number of benzene rings is 11. The molecule has 13 aromatic rings. The number of thiophene rings is 1. The average Bonchev–Trinajstić information content (AvgIpc) is 3.95. The first-order chi connectivity index (χ1) is 33.3. The van der Waals surface area contributed by atoms with Crippen LogP contribution >= 0.6 is 11.3 Å². The van der Waals surface area contributed by atoms with Crippen LogP contribution in [0.15, 0.2) is 255 Å². The van der Waals surface area contributed by atoms with Crippen LogP contribution in [0.25, 0.3) is 103 Å². The first kappa shape index (κ1) is 38.9. The zero-order valence-electron chi connectivity index (χ0n) is 36.6. The zero-order valence-corrected chi connectivity index (χ0v) is 37.4. The lowest BCUT2D eigenvalue weighted by Gasteiger charge is -2.29. The molecule has 67 heavy (non-hydrogen) atoms. The predicted octanol–water partition coefficient (Wildman–Crippen LogP) is 18.4. The molecule has 2 nitrogen and oxygen atoms in total. The van der Waals surface area contributed by atoms with Crippen molar-refractivity contribution in [1.29, 1.82) is 0 Å². The molecule has 0 aliphatic rings. The van der Waals surface area contributed by atoms with Crippen LogP contribution in [0.2, 0.25) is 0 Å². The van der Waals surface area contributed by atoms with Crippen LogP contribution in [-0.2, 0) is 0 Å². The zero-order chi connectivity index (χ0) is 44.3. The quantitative estimate of drug-likeness (QED) is 0.148. The van der Waals surface area contributed by atoms with Gasteiger partial charge in [-0.25, -0.2) is 0 Å². The first-order valence-corrected chi connectivity index (χ1v) is 23.7. The van der Waals surface area contributed by atoms with Gasteiger partial charge in [0.2, 0.25) is 0 Å². The van der Waals surface area contributed by atoms with E-state index in [2.05, 4.69) is 264 Å². The topological polar surface area (TPSA) is 8.17 Å². The SMILES string of the molecule is c1ccc(-c2ccc(-c3ccc(N(c4ccccc4)c4ccc(-c5ccccc5-n5c6ccccc6c6ccccc65)cc4-c4cccc5c4sc4ccccc45)cc3)c3ccccc23)cc1. The van der Waals surface area contributed by atoms with Gasteiger partial charge in [0.05, 0.1) is 22.4 Å². The Morgan fingerprint density at radius 1 is 0.299 bits per heavy atom. The van der Waals surface area contributed by atoms with Crippen LogP contribution in [-0.4, -0.2) is 4.57 Å². The van der Waals surface area contributed by atoms with E-state index in [9.17, 15) is 0 Å². The van der Waals surface area contributed by atoms with Crippen LogP contribution in [0.5, 0.6) is 0 Å². The van der Waals surface area contributed by atoms with E-state index in [1.54, 1.807) is 0 Å². The summed E-state index contributed by atoms with van der Waals surface area (Å²) in [5, 5.41) is 7.57. The molecule has 0 spiro atoms. The van der Waals surface area contributed by atoms with Crippen molar-refractivity contribution in [2.24, 2.45) is 0 Å². The van der Waals surface area contributed by atoms with Gasteiger partial charge >= 0.3 is 0 Å². The Bertz CT molecular complexity index is 3920. The number of hydrogen-bond donors (Lipinski definition) is 0. The van der Waals surface area contributed by atoms with Crippen LogP contribution < -0.4 is 4.90 Å². The van der Waals surface area contributed by atoms with Crippen molar-refractivity contribution in [3.8, 4) is 50.2 Å². The van der Waals surface area contributed by atoms with Gasteiger partial charge in [-0.3, -0.25) is 0 Å². The van der Waals surface area contributed by atoms with Crippen LogP contribution in [0.3, 0.4) is 0 Å². The van der Waals surface area contributed by atoms with E-state index in [-0.39, 0.29) is 0 Å². The number of fused-ring (bicyclic) bond motifs is 7. The monoisotopic (exact) mass is 870 g/mol. The summed E-state index contributed by atoms with van der Waals surface area (Å²) in [5.41, 5.74) is 16.4. The van der Waals surface area contributed by atoms with Gasteiger partial charge in [0.25, 0.3) is 0 Å². The summed E-state index contributed by atoms with van der Waals surface area (Å²) in [6.45, 7) is 0. The highest BCUT2D eigenvalue weighted by molar-refractivity contribution is 7.26. The fourth-order valence-corrected chi connectivity index (χ4v) is 11.6. The number of para-hydroxylation sites is 4. The van der Waals surface area contributed by atoms with Crippen molar-refractivity contribution in [1.82, 2.24) is 4.57 Å². The minimum absolute atomic E-state index is 1.09. The van der Waals surface area contributed by atoms with E-state index < -0.39 is 0 Å². The Morgan fingerprint density at radius 2 is 0.806 bits per heavy atom. The van der Waals surface area contributed by atoms with Crippen LogP contribution in [0.4, 0.5) is 17.1 Å². The van der Waals surface area contributed by atoms with Crippen LogP contribution in [0, 0.1) is 0 Å². The molecule has 314 valence electrons. The fraction of sp³-hybridized carbons (Fsp3) is 0. The molecule has 0 unspecified atom stereocenters. The molecule has 11 aromatic carbocycles. The highest BCUT2D eigenvalue weighted by Crippen LogP contribution is 2.48. The van der Waals surface area contributed by atoms with E-state index >= 15 is 0 Å². The minimum Gasteiger partial charge on any atom is -0.310 e. The molecule has 0 saturated heterocycles. The third-order valence-electron chi connectivity index (χ3n) is 13.4. The fourth-order valence-electron chi connectivity index (χ4n) is 10.4. The number of anilines is 3. The van der Waals surface area contributed by atoms with Crippen molar-refractivity contribution in [3.05, 3.63) is 255 Å². The molecule has 0 radical (unpaired) electrons. The maximum Gasteiger partial charge on any atom is 0.0541 e. The third-order valence-corrected chi connectivity index (χ3v) is 14.6. The van der Waals surface area contributed by atoms with Gasteiger partial charge in [0.1, 0.15) is 0 Å². The van der Waals surface area contributed by atoms with E-state index in [1.807, 2.05) is 11.3 Å². The summed E-state index contributed by atoms with van der Waals surface area (Å²) in [5.74, 6) is 0. The summed E-state index contributed by atoms with van der Waals surface area (Å²) in [7, 11) is 0. The number of aromatic nitrogens is 1. The van der Waals surface area contributed by atoms with Gasteiger partial charge in [-0.1, -0.05) is 194 Å². The van der Waals surface area contributed by atoms with Gasteiger partial charge in [0, 0.05) is 59.0 Å². The molecule has 0 saturated carbocycles. The summed E-state index contributed by atoms with van der Waals surface area (Å²) in [4.78, 5) is 2.44. The Balaban J connectivity index is 1.01. The Labute approximate surface area is 393 Å². The highest BCUT2D eigenvalue weighted by atomic mass is 32.1. The second-order valence-electron chi connectivity index (χ2n) is 17.2. The molecule has 2 aromatic heterocycles. The predicted molar refractivity (Wildman–Crippen MR) is 288 cm³/mol. The molecular weight excluding hydrogens is 829 g/mol. The summed E-state index contributed by atoms with van der Waals surface area (Å²) in [6.07, 6.45) is 0. The lowest BCUT2D eigenvalue weighted by Crippen LogP contribution is -2.11. The van der Waals surface area contributed by atoms with Gasteiger partial charge in [-0.2, -0.15) is 0 Å². The van der Waals surface area contributed by atoms with Gasteiger partial charge in [-0.05, 0) is 99.3 Å². The maximum absolute atomic E-state index is 2.44. The number of rotatable bonds is 8. The molecule has 0 bridgehead atoms. The van der Waals surface area contributed by atoms with Gasteiger partial charge < -0.3 is 9.47 Å². The van der Waals surface area contributed by atoms with Crippen molar-refractivity contribution >= 4 is 81.1 Å². The largest absolute Gasteiger partial charge is 0.310 e. The molecule has 0 fully saturated rings. The lowest BCUT2D eigenvalue weighted by molar-refractivity contribution is 1.18. The molecule has 3 heteroatoms. The molecule has 0 N–H and O–H groups in total. The molecule has 0 amide bonds. The van der Waals surface area contributed by atoms with Crippen LogP contribution in [0.1, 0.15) is 0 Å². The van der Waals surface area contributed by atoms with E-state index in [1.165, 1.54) is 91.7 Å². The van der Waals surface area contributed by atoms with Crippen molar-refractivity contribution in [2.45, 2.75) is 0 Å².